The average Bonchev–Trinajstić information content (AvgIpc) is 3.06. The van der Waals surface area contributed by atoms with Crippen LogP contribution in [0, 0.1) is 0 Å². The molecule has 0 unspecified atom stereocenters. The second-order valence-electron chi connectivity index (χ2n) is 8.72. The molecule has 0 saturated heterocycles. The molecule has 1 N–H and O–H groups in total. The van der Waals surface area contributed by atoms with Crippen molar-refractivity contribution in [1.29, 1.82) is 0 Å². The summed E-state index contributed by atoms with van der Waals surface area (Å²) in [5.41, 5.74) is 3.72. The average molecular weight is 466 g/mol. The summed E-state index contributed by atoms with van der Waals surface area (Å²) in [6.07, 6.45) is 7.15. The number of nitrogens with one attached hydrogen (secondary N) is 1. The summed E-state index contributed by atoms with van der Waals surface area (Å²) in [5, 5.41) is 11.7. The maximum Gasteiger partial charge on any atom is 0.255 e. The first-order chi connectivity index (χ1) is 15.9. The lowest BCUT2D eigenvalue weighted by atomic mass is 10.0. The van der Waals surface area contributed by atoms with Crippen molar-refractivity contribution in [2.75, 3.05) is 22.4 Å². The van der Waals surface area contributed by atoms with E-state index in [1.165, 1.54) is 17.0 Å². The van der Waals surface area contributed by atoms with Crippen LogP contribution in [0.3, 0.4) is 0 Å². The summed E-state index contributed by atoms with van der Waals surface area (Å²) in [5.74, 6) is 1.69. The fourth-order valence-electron chi connectivity index (χ4n) is 4.65. The predicted molar refractivity (Wildman–Crippen MR) is 128 cm³/mol. The van der Waals surface area contributed by atoms with Crippen LogP contribution in [0.5, 0.6) is 0 Å². The van der Waals surface area contributed by atoms with Gasteiger partial charge in [0.1, 0.15) is 5.82 Å². The highest BCUT2D eigenvalue weighted by molar-refractivity contribution is 7.92. The number of carbonyl (C=O) groups is 1. The smallest absolute Gasteiger partial charge is 0.255 e. The van der Waals surface area contributed by atoms with E-state index in [0.29, 0.717) is 23.5 Å². The maximum absolute atomic E-state index is 12.9. The van der Waals surface area contributed by atoms with Gasteiger partial charge in [0.2, 0.25) is 10.0 Å². The Bertz CT molecular complexity index is 1300. The first kappa shape index (κ1) is 21.6. The zero-order valence-electron chi connectivity index (χ0n) is 18.6. The van der Waals surface area contributed by atoms with Gasteiger partial charge in [-0.15, -0.1) is 10.2 Å². The number of rotatable bonds is 4. The van der Waals surface area contributed by atoms with Crippen LogP contribution in [0.1, 0.15) is 47.4 Å². The van der Waals surface area contributed by atoms with Gasteiger partial charge in [0.25, 0.3) is 5.91 Å². The van der Waals surface area contributed by atoms with E-state index in [4.69, 9.17) is 0 Å². The number of amides is 1. The van der Waals surface area contributed by atoms with Gasteiger partial charge in [-0.1, -0.05) is 6.42 Å². The summed E-state index contributed by atoms with van der Waals surface area (Å²) >= 11 is 0. The molecule has 0 spiro atoms. The van der Waals surface area contributed by atoms with Crippen LogP contribution in [0.2, 0.25) is 0 Å². The van der Waals surface area contributed by atoms with Crippen molar-refractivity contribution >= 4 is 27.3 Å². The predicted octanol–water partition coefficient (Wildman–Crippen LogP) is 3.64. The van der Waals surface area contributed by atoms with Crippen LogP contribution < -0.4 is 9.62 Å². The number of hydrogen-bond acceptors (Lipinski definition) is 5. The normalized spacial score (nSPS) is 16.0. The van der Waals surface area contributed by atoms with E-state index in [1.54, 1.807) is 18.2 Å². The fourth-order valence-corrected chi connectivity index (χ4v) is 5.65. The molecule has 1 aromatic heterocycles. The van der Waals surface area contributed by atoms with E-state index in [-0.39, 0.29) is 5.91 Å². The summed E-state index contributed by atoms with van der Waals surface area (Å²) in [6.45, 7) is 1.41. The van der Waals surface area contributed by atoms with Crippen molar-refractivity contribution in [3.8, 4) is 11.4 Å². The first-order valence-electron chi connectivity index (χ1n) is 11.3. The molecule has 0 atom stereocenters. The van der Waals surface area contributed by atoms with E-state index in [1.807, 2.05) is 24.3 Å². The molecule has 3 heterocycles. The Kier molecular flexibility index (Phi) is 5.65. The molecule has 0 saturated carbocycles. The van der Waals surface area contributed by atoms with Gasteiger partial charge >= 0.3 is 0 Å². The van der Waals surface area contributed by atoms with Crippen molar-refractivity contribution in [2.45, 2.75) is 45.1 Å². The van der Waals surface area contributed by atoms with Gasteiger partial charge in [0.05, 0.1) is 11.9 Å². The molecular formula is C24H27N5O3S. The molecule has 0 fully saturated rings. The highest BCUT2D eigenvalue weighted by atomic mass is 32.2. The molecule has 2 aliphatic heterocycles. The minimum absolute atomic E-state index is 0.224. The highest BCUT2D eigenvalue weighted by Crippen LogP contribution is 2.30. The number of nitrogens with zero attached hydrogens (tertiary/aromatic N) is 4. The zero-order chi connectivity index (χ0) is 23.0. The third-order valence-corrected chi connectivity index (χ3v) is 7.51. The molecule has 8 nitrogen and oxygen atoms in total. The first-order valence-corrected chi connectivity index (χ1v) is 13.2. The van der Waals surface area contributed by atoms with E-state index < -0.39 is 10.0 Å². The molecule has 0 radical (unpaired) electrons. The van der Waals surface area contributed by atoms with Crippen LogP contribution in [-0.2, 0) is 29.4 Å². The Hall–Kier alpha value is -3.20. The van der Waals surface area contributed by atoms with Crippen molar-refractivity contribution < 1.29 is 13.2 Å². The Labute approximate surface area is 193 Å². The lowest BCUT2D eigenvalue weighted by Crippen LogP contribution is -2.34. The second kappa shape index (κ2) is 8.62. The molecule has 2 aromatic carbocycles. The molecule has 0 aliphatic carbocycles. The molecule has 0 bridgehead atoms. The van der Waals surface area contributed by atoms with Gasteiger partial charge < -0.3 is 9.88 Å². The molecule has 172 valence electrons. The summed E-state index contributed by atoms with van der Waals surface area (Å²) in [4.78, 5) is 12.9. The number of hydrogen-bond donors (Lipinski definition) is 1. The third kappa shape index (κ3) is 4.37. The summed E-state index contributed by atoms with van der Waals surface area (Å²) in [6, 6.07) is 12.8. The minimum Gasteiger partial charge on any atom is -0.322 e. The molecule has 3 aromatic rings. The fraction of sp³-hybridized carbons (Fsp3) is 0.375. The van der Waals surface area contributed by atoms with Crippen molar-refractivity contribution in [2.24, 2.45) is 0 Å². The van der Waals surface area contributed by atoms with Gasteiger partial charge in [-0.05, 0) is 73.7 Å². The Morgan fingerprint density at radius 1 is 0.939 bits per heavy atom. The van der Waals surface area contributed by atoms with Crippen LogP contribution in [0.15, 0.2) is 42.5 Å². The van der Waals surface area contributed by atoms with Gasteiger partial charge in [-0.3, -0.25) is 9.10 Å². The molecule has 9 heteroatoms. The van der Waals surface area contributed by atoms with Crippen molar-refractivity contribution in [1.82, 2.24) is 14.8 Å². The highest BCUT2D eigenvalue weighted by Gasteiger charge is 2.24. The molecular weight excluding hydrogens is 438 g/mol. The Morgan fingerprint density at radius 2 is 1.76 bits per heavy atom. The Morgan fingerprint density at radius 3 is 2.55 bits per heavy atom. The number of sulfonamides is 1. The standard InChI is InChI=1S/C24H27N5O3S/c1-33(31,32)29-15-5-6-18-16-19(10-13-21(18)29)24(30)25-20-11-8-17(9-12-20)23-27-26-22-7-3-2-4-14-28(22)23/h8-13,16H,2-7,14-15H2,1H3,(H,25,30). The number of benzene rings is 2. The number of aromatic nitrogens is 3. The number of aryl methyl sites for hydroxylation is 2. The van der Waals surface area contributed by atoms with E-state index in [9.17, 15) is 13.2 Å². The zero-order valence-corrected chi connectivity index (χ0v) is 19.4. The molecule has 2 aliphatic rings. The summed E-state index contributed by atoms with van der Waals surface area (Å²) < 4.78 is 27.7. The van der Waals surface area contributed by atoms with E-state index in [0.717, 1.165) is 61.4 Å². The van der Waals surface area contributed by atoms with E-state index in [2.05, 4.69) is 20.1 Å². The second-order valence-corrected chi connectivity index (χ2v) is 10.6. The van der Waals surface area contributed by atoms with Crippen LogP contribution in [-0.4, -0.2) is 41.9 Å². The number of anilines is 2. The molecule has 33 heavy (non-hydrogen) atoms. The van der Waals surface area contributed by atoms with Crippen LogP contribution >= 0.6 is 0 Å². The van der Waals surface area contributed by atoms with Gasteiger partial charge in [0.15, 0.2) is 5.82 Å². The van der Waals surface area contributed by atoms with E-state index >= 15 is 0 Å². The van der Waals surface area contributed by atoms with Crippen LogP contribution in [0.25, 0.3) is 11.4 Å². The SMILES string of the molecule is CS(=O)(=O)N1CCCc2cc(C(=O)Nc3ccc(-c4nnc5n4CCCCC5)cc3)ccc21. The maximum atomic E-state index is 12.9. The Balaban J connectivity index is 1.32. The molecule has 1 amide bonds. The third-order valence-electron chi connectivity index (χ3n) is 6.33. The van der Waals surface area contributed by atoms with Gasteiger partial charge in [-0.2, -0.15) is 0 Å². The molecule has 5 rings (SSSR count). The monoisotopic (exact) mass is 465 g/mol. The van der Waals surface area contributed by atoms with Gasteiger partial charge in [0, 0.05) is 36.3 Å². The lowest BCUT2D eigenvalue weighted by Gasteiger charge is -2.29. The largest absolute Gasteiger partial charge is 0.322 e. The number of fused-ring (bicyclic) bond motifs is 2. The lowest BCUT2D eigenvalue weighted by molar-refractivity contribution is 0.102. The summed E-state index contributed by atoms with van der Waals surface area (Å²) in [7, 11) is -3.33. The minimum atomic E-state index is -3.33. The van der Waals surface area contributed by atoms with Gasteiger partial charge in [-0.25, -0.2) is 8.42 Å². The number of carbonyl (C=O) groups excluding carboxylic acids is 1. The van der Waals surface area contributed by atoms with Crippen molar-refractivity contribution in [3.63, 3.8) is 0 Å². The quantitative estimate of drug-likeness (QED) is 0.635. The van der Waals surface area contributed by atoms with Crippen LogP contribution in [0.4, 0.5) is 11.4 Å². The van der Waals surface area contributed by atoms with Crippen molar-refractivity contribution in [3.05, 3.63) is 59.4 Å². The topological polar surface area (TPSA) is 97.2 Å².